The molecule has 2 rings (SSSR count). The van der Waals surface area contributed by atoms with Crippen LogP contribution in [-0.2, 0) is 19.0 Å². The van der Waals surface area contributed by atoms with Gasteiger partial charge < -0.3 is 5.73 Å². The highest BCUT2D eigenvalue weighted by atomic mass is 35.5. The van der Waals surface area contributed by atoms with Crippen LogP contribution in [0.4, 0.5) is 8.78 Å². The third-order valence-corrected chi connectivity index (χ3v) is 3.81. The zero-order valence-electron chi connectivity index (χ0n) is 11.5. The second-order valence-electron chi connectivity index (χ2n) is 5.23. The lowest BCUT2D eigenvalue weighted by Gasteiger charge is -2.25. The van der Waals surface area contributed by atoms with Crippen LogP contribution in [0.1, 0.15) is 23.7 Å². The molecule has 2 aromatic rings. The molecule has 0 radical (unpaired) electrons. The molecule has 0 fully saturated rings. The van der Waals surface area contributed by atoms with Gasteiger partial charge in [-0.3, -0.25) is 4.68 Å². The molecular formula is C14H16ClF2N3. The number of halogens is 3. The van der Waals surface area contributed by atoms with Crippen LogP contribution in [0.25, 0.3) is 0 Å². The van der Waals surface area contributed by atoms with Crippen LogP contribution in [0.3, 0.4) is 0 Å². The fourth-order valence-electron chi connectivity index (χ4n) is 2.23. The molecule has 0 aliphatic carbocycles. The van der Waals surface area contributed by atoms with Crippen LogP contribution in [0.2, 0.25) is 5.15 Å². The highest BCUT2D eigenvalue weighted by Gasteiger charge is 2.26. The summed E-state index contributed by atoms with van der Waals surface area (Å²) in [5.41, 5.74) is 7.20. The SMILES string of the molecule is Cc1nn(C)c(Cl)c1CC(C)(N)c1cc(F)cc(F)c1. The smallest absolute Gasteiger partial charge is 0.130 e. The molecular weight excluding hydrogens is 284 g/mol. The maximum atomic E-state index is 13.3. The van der Waals surface area contributed by atoms with Crippen molar-refractivity contribution < 1.29 is 8.78 Å². The van der Waals surface area contributed by atoms with E-state index in [0.717, 1.165) is 17.3 Å². The molecule has 0 saturated heterocycles. The first-order valence-electron chi connectivity index (χ1n) is 6.14. The molecule has 0 bridgehead atoms. The Hall–Kier alpha value is -1.46. The van der Waals surface area contributed by atoms with E-state index in [1.54, 1.807) is 18.7 Å². The van der Waals surface area contributed by atoms with E-state index in [1.165, 1.54) is 12.1 Å². The van der Waals surface area contributed by atoms with Crippen molar-refractivity contribution in [2.45, 2.75) is 25.8 Å². The Bertz CT molecular complexity index is 630. The van der Waals surface area contributed by atoms with E-state index in [2.05, 4.69) is 5.10 Å². The third-order valence-electron chi connectivity index (χ3n) is 3.34. The Kier molecular flexibility index (Phi) is 3.84. The van der Waals surface area contributed by atoms with Gasteiger partial charge in [-0.1, -0.05) is 11.6 Å². The molecule has 0 aliphatic rings. The van der Waals surface area contributed by atoms with Crippen molar-refractivity contribution in [3.8, 4) is 0 Å². The molecule has 1 atom stereocenters. The minimum absolute atomic E-state index is 0.342. The molecule has 20 heavy (non-hydrogen) atoms. The molecule has 1 unspecified atom stereocenters. The van der Waals surface area contributed by atoms with E-state index in [9.17, 15) is 8.78 Å². The van der Waals surface area contributed by atoms with Gasteiger partial charge in [-0.05, 0) is 38.0 Å². The van der Waals surface area contributed by atoms with Crippen molar-refractivity contribution in [2.24, 2.45) is 12.8 Å². The van der Waals surface area contributed by atoms with Crippen molar-refractivity contribution in [1.82, 2.24) is 9.78 Å². The summed E-state index contributed by atoms with van der Waals surface area (Å²) in [4.78, 5) is 0. The average Bonchev–Trinajstić information content (AvgIpc) is 2.54. The molecule has 108 valence electrons. The first-order valence-corrected chi connectivity index (χ1v) is 6.52. The van der Waals surface area contributed by atoms with E-state index >= 15 is 0 Å². The lowest BCUT2D eigenvalue weighted by Crippen LogP contribution is -2.36. The number of hydrogen-bond acceptors (Lipinski definition) is 2. The van der Waals surface area contributed by atoms with Gasteiger partial charge >= 0.3 is 0 Å². The Morgan fingerprint density at radius 1 is 1.30 bits per heavy atom. The van der Waals surface area contributed by atoms with Crippen LogP contribution in [0.15, 0.2) is 18.2 Å². The number of nitrogens with two attached hydrogens (primary N) is 1. The van der Waals surface area contributed by atoms with Crippen LogP contribution in [0.5, 0.6) is 0 Å². The fourth-order valence-corrected chi connectivity index (χ4v) is 2.47. The van der Waals surface area contributed by atoms with Crippen molar-refractivity contribution in [3.63, 3.8) is 0 Å². The first kappa shape index (κ1) is 14.9. The van der Waals surface area contributed by atoms with Crippen molar-refractivity contribution in [3.05, 3.63) is 51.8 Å². The molecule has 0 aliphatic heterocycles. The van der Waals surface area contributed by atoms with Gasteiger partial charge in [0.05, 0.1) is 5.69 Å². The van der Waals surface area contributed by atoms with Crippen molar-refractivity contribution in [2.75, 3.05) is 0 Å². The monoisotopic (exact) mass is 299 g/mol. The molecule has 0 amide bonds. The van der Waals surface area contributed by atoms with Gasteiger partial charge in [-0.15, -0.1) is 0 Å². The standard InChI is InChI=1S/C14H16ClF2N3/c1-8-12(13(15)20(3)19-8)7-14(2,18)9-4-10(16)6-11(17)5-9/h4-6H,7,18H2,1-3H3. The quantitative estimate of drug-likeness (QED) is 0.946. The van der Waals surface area contributed by atoms with E-state index < -0.39 is 17.2 Å². The lowest BCUT2D eigenvalue weighted by atomic mass is 9.86. The van der Waals surface area contributed by atoms with Gasteiger partial charge in [0.1, 0.15) is 16.8 Å². The largest absolute Gasteiger partial charge is 0.321 e. The predicted molar refractivity (Wildman–Crippen MR) is 74.6 cm³/mol. The molecule has 2 N–H and O–H groups in total. The number of hydrogen-bond donors (Lipinski definition) is 1. The van der Waals surface area contributed by atoms with Gasteiger partial charge in [0.2, 0.25) is 0 Å². The Morgan fingerprint density at radius 2 is 1.85 bits per heavy atom. The molecule has 1 heterocycles. The van der Waals surface area contributed by atoms with E-state index in [1.807, 2.05) is 6.92 Å². The third kappa shape index (κ3) is 2.83. The van der Waals surface area contributed by atoms with E-state index in [4.69, 9.17) is 17.3 Å². The topological polar surface area (TPSA) is 43.8 Å². The Labute approximate surface area is 121 Å². The normalized spacial score (nSPS) is 14.3. The molecule has 1 aromatic carbocycles. The van der Waals surface area contributed by atoms with Gasteiger partial charge in [0, 0.05) is 24.2 Å². The van der Waals surface area contributed by atoms with Gasteiger partial charge in [-0.2, -0.15) is 5.10 Å². The number of benzene rings is 1. The van der Waals surface area contributed by atoms with E-state index in [-0.39, 0.29) is 0 Å². The molecule has 6 heteroatoms. The van der Waals surface area contributed by atoms with Gasteiger partial charge in [0.15, 0.2) is 0 Å². The van der Waals surface area contributed by atoms with Crippen molar-refractivity contribution in [1.29, 1.82) is 0 Å². The maximum absolute atomic E-state index is 13.3. The summed E-state index contributed by atoms with van der Waals surface area (Å²) >= 11 is 6.17. The van der Waals surface area contributed by atoms with Gasteiger partial charge in [0.25, 0.3) is 0 Å². The fraction of sp³-hybridized carbons (Fsp3) is 0.357. The van der Waals surface area contributed by atoms with Crippen molar-refractivity contribution >= 4 is 11.6 Å². The van der Waals surface area contributed by atoms with Crippen LogP contribution in [0, 0.1) is 18.6 Å². The second kappa shape index (κ2) is 5.14. The Balaban J connectivity index is 2.40. The summed E-state index contributed by atoms with van der Waals surface area (Å²) in [6, 6.07) is 3.30. The minimum Gasteiger partial charge on any atom is -0.321 e. The number of aryl methyl sites for hydroxylation is 2. The number of nitrogens with zero attached hydrogens (tertiary/aromatic N) is 2. The van der Waals surface area contributed by atoms with E-state index in [0.29, 0.717) is 17.1 Å². The minimum atomic E-state index is -0.944. The summed E-state index contributed by atoms with van der Waals surface area (Å²) in [6.45, 7) is 3.54. The zero-order chi connectivity index (χ0) is 15.1. The Morgan fingerprint density at radius 3 is 2.30 bits per heavy atom. The summed E-state index contributed by atoms with van der Waals surface area (Å²) in [6.07, 6.45) is 0.342. The summed E-state index contributed by atoms with van der Waals surface area (Å²) in [5, 5.41) is 4.69. The summed E-state index contributed by atoms with van der Waals surface area (Å²) in [5.74, 6) is -1.30. The summed E-state index contributed by atoms with van der Waals surface area (Å²) in [7, 11) is 1.73. The maximum Gasteiger partial charge on any atom is 0.130 e. The lowest BCUT2D eigenvalue weighted by molar-refractivity contribution is 0.477. The predicted octanol–water partition coefficient (Wildman–Crippen LogP) is 3.08. The van der Waals surface area contributed by atoms with Crippen LogP contribution < -0.4 is 5.73 Å². The molecule has 1 aromatic heterocycles. The zero-order valence-corrected chi connectivity index (χ0v) is 12.3. The second-order valence-corrected chi connectivity index (χ2v) is 5.59. The number of aromatic nitrogens is 2. The summed E-state index contributed by atoms with van der Waals surface area (Å²) < 4.78 is 28.2. The average molecular weight is 300 g/mol. The molecule has 0 spiro atoms. The van der Waals surface area contributed by atoms with Gasteiger partial charge in [-0.25, -0.2) is 8.78 Å². The van der Waals surface area contributed by atoms with Crippen LogP contribution in [-0.4, -0.2) is 9.78 Å². The van der Waals surface area contributed by atoms with Crippen LogP contribution >= 0.6 is 11.6 Å². The molecule has 0 saturated carbocycles. The highest BCUT2D eigenvalue weighted by molar-refractivity contribution is 6.30. The number of rotatable bonds is 3. The highest BCUT2D eigenvalue weighted by Crippen LogP contribution is 2.29. The molecule has 3 nitrogen and oxygen atoms in total. The first-order chi connectivity index (χ1) is 9.20.